The van der Waals surface area contributed by atoms with Crippen molar-refractivity contribution < 1.29 is 27.6 Å². The van der Waals surface area contributed by atoms with Gasteiger partial charge < -0.3 is 19.3 Å². The van der Waals surface area contributed by atoms with Crippen molar-refractivity contribution in [3.05, 3.63) is 47.4 Å². The summed E-state index contributed by atoms with van der Waals surface area (Å²) in [5, 5.41) is 6.40. The van der Waals surface area contributed by atoms with Gasteiger partial charge in [0, 0.05) is 25.8 Å². The van der Waals surface area contributed by atoms with E-state index in [9.17, 15) is 13.6 Å². The lowest BCUT2D eigenvalue weighted by Gasteiger charge is -2.07. The number of para-hydroxylation sites is 1. The summed E-state index contributed by atoms with van der Waals surface area (Å²) in [5.41, 5.74) is 0.0928. The minimum Gasteiger partial charge on any atom is -0.479 e. The predicted octanol–water partition coefficient (Wildman–Crippen LogP) is 2.69. The average molecular weight is 352 g/mol. The monoisotopic (exact) mass is 352 g/mol. The number of halogens is 2. The highest BCUT2D eigenvalue weighted by Gasteiger charge is 2.17. The van der Waals surface area contributed by atoms with E-state index in [1.807, 2.05) is 0 Å². The molecule has 0 unspecified atom stereocenters. The van der Waals surface area contributed by atoms with Gasteiger partial charge in [0.1, 0.15) is 6.61 Å². The molecule has 1 fully saturated rings. The molecule has 0 bridgehead atoms. The van der Waals surface area contributed by atoms with E-state index < -0.39 is 17.4 Å². The van der Waals surface area contributed by atoms with Crippen LogP contribution in [0.15, 0.2) is 28.8 Å². The lowest BCUT2D eigenvalue weighted by molar-refractivity contribution is 0.0941. The summed E-state index contributed by atoms with van der Waals surface area (Å²) >= 11 is 0. The Balaban J connectivity index is 1.48. The van der Waals surface area contributed by atoms with Crippen LogP contribution in [-0.2, 0) is 11.3 Å². The van der Waals surface area contributed by atoms with Crippen LogP contribution in [0, 0.1) is 17.6 Å². The first-order chi connectivity index (χ1) is 12.1. The van der Waals surface area contributed by atoms with Crippen LogP contribution in [0.5, 0.6) is 5.75 Å². The number of hydrogen-bond donors (Lipinski definition) is 1. The van der Waals surface area contributed by atoms with Crippen molar-refractivity contribution >= 4 is 5.91 Å². The van der Waals surface area contributed by atoms with Gasteiger partial charge >= 0.3 is 0 Å². The maximum absolute atomic E-state index is 13.5. The molecule has 134 valence electrons. The Morgan fingerprint density at radius 3 is 2.88 bits per heavy atom. The molecule has 1 aromatic heterocycles. The number of amides is 1. The van der Waals surface area contributed by atoms with E-state index in [2.05, 4.69) is 10.5 Å². The number of nitrogens with one attached hydrogen (secondary N) is 1. The first-order valence-electron chi connectivity index (χ1n) is 8.02. The van der Waals surface area contributed by atoms with Crippen LogP contribution >= 0.6 is 0 Å². The molecule has 1 N–H and O–H groups in total. The highest BCUT2D eigenvalue weighted by molar-refractivity contribution is 5.92. The number of ether oxygens (including phenoxy) is 2. The minimum absolute atomic E-state index is 0.0928. The molecule has 0 spiro atoms. The number of carbonyl (C=O) groups is 1. The van der Waals surface area contributed by atoms with Gasteiger partial charge in [-0.2, -0.15) is 0 Å². The van der Waals surface area contributed by atoms with Crippen LogP contribution in [0.4, 0.5) is 8.78 Å². The molecule has 2 heterocycles. The maximum Gasteiger partial charge on any atom is 0.273 e. The smallest absolute Gasteiger partial charge is 0.273 e. The first kappa shape index (κ1) is 17.3. The van der Waals surface area contributed by atoms with Crippen molar-refractivity contribution in [3.8, 4) is 5.75 Å². The fraction of sp³-hybridized carbons (Fsp3) is 0.412. The minimum atomic E-state index is -0.812. The van der Waals surface area contributed by atoms with Crippen LogP contribution in [0.3, 0.4) is 0 Å². The van der Waals surface area contributed by atoms with Gasteiger partial charge in [-0.1, -0.05) is 11.2 Å². The Hall–Kier alpha value is -2.48. The summed E-state index contributed by atoms with van der Waals surface area (Å²) in [6, 6.07) is 4.80. The van der Waals surface area contributed by atoms with Crippen molar-refractivity contribution in [2.24, 2.45) is 5.92 Å². The summed E-state index contributed by atoms with van der Waals surface area (Å²) in [5.74, 6) is -1.83. The molecule has 8 heteroatoms. The summed E-state index contributed by atoms with van der Waals surface area (Å²) in [6.45, 7) is 1.78. The quantitative estimate of drug-likeness (QED) is 0.829. The second-order valence-electron chi connectivity index (χ2n) is 5.79. The normalized spacial score (nSPS) is 16.8. The molecule has 25 heavy (non-hydrogen) atoms. The molecule has 1 aromatic carbocycles. The highest BCUT2D eigenvalue weighted by atomic mass is 19.1. The zero-order chi connectivity index (χ0) is 17.6. The van der Waals surface area contributed by atoms with Gasteiger partial charge in [-0.3, -0.25) is 4.79 Å². The average Bonchev–Trinajstić information content (AvgIpc) is 3.26. The molecule has 1 saturated heterocycles. The standard InChI is InChI=1S/C17H18F2N2O4/c18-13-2-1-3-14(19)16(13)24-10-12-8-15(21-25-12)17(22)20-6-4-11-5-7-23-9-11/h1-3,8,11H,4-7,9-10H2,(H,20,22)/t11-/m1/s1. The molecule has 1 amide bonds. The number of carbonyl (C=O) groups excluding carboxylic acids is 1. The van der Waals surface area contributed by atoms with Gasteiger partial charge in [-0.05, 0) is 30.9 Å². The van der Waals surface area contributed by atoms with Crippen LogP contribution in [-0.4, -0.2) is 30.8 Å². The molecular formula is C17H18F2N2O4. The number of benzene rings is 1. The number of nitrogens with zero attached hydrogens (tertiary/aromatic N) is 1. The molecule has 6 nitrogen and oxygen atoms in total. The van der Waals surface area contributed by atoms with E-state index in [1.54, 1.807) is 0 Å². The zero-order valence-electron chi connectivity index (χ0n) is 13.5. The van der Waals surface area contributed by atoms with Crippen LogP contribution in [0.1, 0.15) is 29.1 Å². The van der Waals surface area contributed by atoms with Crippen molar-refractivity contribution in [1.29, 1.82) is 0 Å². The summed E-state index contributed by atoms with van der Waals surface area (Å²) in [6.07, 6.45) is 1.85. The summed E-state index contributed by atoms with van der Waals surface area (Å²) < 4.78 is 42.2. The Morgan fingerprint density at radius 1 is 1.36 bits per heavy atom. The number of hydrogen-bond acceptors (Lipinski definition) is 5. The number of aromatic nitrogens is 1. The van der Waals surface area contributed by atoms with Gasteiger partial charge in [0.2, 0.25) is 0 Å². The van der Waals surface area contributed by atoms with E-state index in [-0.39, 0.29) is 24.0 Å². The van der Waals surface area contributed by atoms with Crippen molar-refractivity contribution in [2.75, 3.05) is 19.8 Å². The largest absolute Gasteiger partial charge is 0.479 e. The Bertz CT molecular complexity index is 709. The Labute approximate surface area is 143 Å². The Morgan fingerprint density at radius 2 is 2.16 bits per heavy atom. The predicted molar refractivity (Wildman–Crippen MR) is 83.1 cm³/mol. The SMILES string of the molecule is O=C(NCC[C@@H]1CCOC1)c1cc(COc2c(F)cccc2F)on1. The second-order valence-corrected chi connectivity index (χ2v) is 5.79. The molecule has 1 aliphatic heterocycles. The maximum atomic E-state index is 13.5. The van der Waals surface area contributed by atoms with Crippen LogP contribution < -0.4 is 10.1 Å². The summed E-state index contributed by atoms with van der Waals surface area (Å²) in [4.78, 5) is 12.0. The fourth-order valence-corrected chi connectivity index (χ4v) is 2.54. The van der Waals surface area contributed by atoms with Crippen LogP contribution in [0.25, 0.3) is 0 Å². The van der Waals surface area contributed by atoms with E-state index in [4.69, 9.17) is 14.0 Å². The second kappa shape index (κ2) is 8.06. The van der Waals surface area contributed by atoms with E-state index in [0.29, 0.717) is 12.5 Å². The molecule has 2 aromatic rings. The molecular weight excluding hydrogens is 334 g/mol. The van der Waals surface area contributed by atoms with E-state index in [1.165, 1.54) is 12.1 Å². The fourth-order valence-electron chi connectivity index (χ4n) is 2.54. The lowest BCUT2D eigenvalue weighted by Crippen LogP contribution is -2.26. The van der Waals surface area contributed by atoms with Crippen molar-refractivity contribution in [2.45, 2.75) is 19.4 Å². The molecule has 3 rings (SSSR count). The Kier molecular flexibility index (Phi) is 5.60. The van der Waals surface area contributed by atoms with Gasteiger partial charge in [0.05, 0.1) is 0 Å². The topological polar surface area (TPSA) is 73.6 Å². The van der Waals surface area contributed by atoms with Crippen molar-refractivity contribution in [3.63, 3.8) is 0 Å². The molecule has 1 aliphatic rings. The third-order valence-corrected chi connectivity index (χ3v) is 3.93. The van der Waals surface area contributed by atoms with E-state index in [0.717, 1.165) is 38.2 Å². The molecule has 0 aliphatic carbocycles. The van der Waals surface area contributed by atoms with Crippen LogP contribution in [0.2, 0.25) is 0 Å². The zero-order valence-corrected chi connectivity index (χ0v) is 13.5. The lowest BCUT2D eigenvalue weighted by atomic mass is 10.1. The molecule has 0 radical (unpaired) electrons. The number of rotatable bonds is 7. The molecule has 0 saturated carbocycles. The van der Waals surface area contributed by atoms with Crippen molar-refractivity contribution in [1.82, 2.24) is 10.5 Å². The molecule has 1 atom stereocenters. The summed E-state index contributed by atoms with van der Waals surface area (Å²) in [7, 11) is 0. The van der Waals surface area contributed by atoms with E-state index >= 15 is 0 Å². The van der Waals surface area contributed by atoms with Gasteiger partial charge in [-0.25, -0.2) is 8.78 Å². The van der Waals surface area contributed by atoms with Gasteiger partial charge in [-0.15, -0.1) is 0 Å². The first-order valence-corrected chi connectivity index (χ1v) is 8.02. The van der Waals surface area contributed by atoms with Gasteiger partial charge in [0.25, 0.3) is 5.91 Å². The third kappa shape index (κ3) is 4.54. The third-order valence-electron chi connectivity index (χ3n) is 3.93. The van der Waals surface area contributed by atoms with Gasteiger partial charge in [0.15, 0.2) is 28.8 Å². The highest BCUT2D eigenvalue weighted by Crippen LogP contribution is 2.22.